The van der Waals surface area contributed by atoms with Crippen LogP contribution in [0.25, 0.3) is 6.08 Å². The molecule has 0 radical (unpaired) electrons. The van der Waals surface area contributed by atoms with Gasteiger partial charge in [0.05, 0.1) is 31.9 Å². The third-order valence-electron chi connectivity index (χ3n) is 4.39. The zero-order valence-corrected chi connectivity index (χ0v) is 17.5. The van der Waals surface area contributed by atoms with Gasteiger partial charge in [-0.3, -0.25) is 9.69 Å². The van der Waals surface area contributed by atoms with Crippen LogP contribution in [0.5, 0.6) is 28.7 Å². The molecule has 0 aliphatic carbocycles. The number of ether oxygens (including phenoxy) is 5. The number of hydrogen-bond acceptors (Lipinski definition) is 8. The molecule has 29 heavy (non-hydrogen) atoms. The molecule has 2 heterocycles. The maximum Gasteiger partial charge on any atom is 0.270 e. The molecule has 0 spiro atoms. The Kier molecular flexibility index (Phi) is 5.25. The summed E-state index contributed by atoms with van der Waals surface area (Å²) in [6.45, 7) is 0.165. The van der Waals surface area contributed by atoms with Crippen LogP contribution in [0.15, 0.2) is 35.2 Å². The fourth-order valence-electron chi connectivity index (χ4n) is 3.05. The lowest BCUT2D eigenvalue weighted by Gasteiger charge is -2.15. The molecule has 0 N–H and O–H groups in total. The van der Waals surface area contributed by atoms with Crippen LogP contribution in [0.4, 0.5) is 5.69 Å². The van der Waals surface area contributed by atoms with E-state index in [0.29, 0.717) is 43.7 Å². The van der Waals surface area contributed by atoms with Gasteiger partial charge in [-0.2, -0.15) is 0 Å². The summed E-state index contributed by atoms with van der Waals surface area (Å²) >= 11 is 6.67. The molecule has 150 valence electrons. The Morgan fingerprint density at radius 1 is 1.03 bits per heavy atom. The Balaban J connectivity index is 1.68. The van der Waals surface area contributed by atoms with Gasteiger partial charge in [0.1, 0.15) is 0 Å². The number of anilines is 1. The van der Waals surface area contributed by atoms with Gasteiger partial charge >= 0.3 is 0 Å². The van der Waals surface area contributed by atoms with E-state index in [1.807, 2.05) is 0 Å². The van der Waals surface area contributed by atoms with Crippen molar-refractivity contribution in [1.29, 1.82) is 0 Å². The van der Waals surface area contributed by atoms with Crippen LogP contribution >= 0.6 is 24.0 Å². The van der Waals surface area contributed by atoms with Crippen molar-refractivity contribution >= 4 is 46.0 Å². The second-order valence-electron chi connectivity index (χ2n) is 6.01. The number of methoxy groups -OCH3 is 3. The van der Waals surface area contributed by atoms with Gasteiger partial charge < -0.3 is 23.7 Å². The predicted molar refractivity (Wildman–Crippen MR) is 114 cm³/mol. The molecular formula is C20H17NO6S2. The van der Waals surface area contributed by atoms with E-state index in [2.05, 4.69) is 0 Å². The molecule has 0 bridgehead atoms. The van der Waals surface area contributed by atoms with Crippen molar-refractivity contribution in [3.05, 3.63) is 40.8 Å². The molecule has 1 saturated heterocycles. The number of rotatable bonds is 5. The van der Waals surface area contributed by atoms with Gasteiger partial charge in [-0.15, -0.1) is 0 Å². The van der Waals surface area contributed by atoms with Crippen molar-refractivity contribution in [2.24, 2.45) is 0 Å². The standard InChI is InChI=1S/C20H17NO6S2/c1-23-15-6-11(7-16(24-2)18(15)25-3)8-17-19(22)21(20(28)29-17)12-4-5-13-14(9-12)27-10-26-13/h4-9H,10H2,1-3H3/b17-8+. The summed E-state index contributed by atoms with van der Waals surface area (Å²) in [6.07, 6.45) is 1.75. The molecule has 7 nitrogen and oxygen atoms in total. The van der Waals surface area contributed by atoms with Crippen molar-refractivity contribution < 1.29 is 28.5 Å². The predicted octanol–water partition coefficient (Wildman–Crippen LogP) is 3.85. The van der Waals surface area contributed by atoms with Crippen molar-refractivity contribution in [2.45, 2.75) is 0 Å². The van der Waals surface area contributed by atoms with Gasteiger partial charge in [-0.25, -0.2) is 0 Å². The SMILES string of the molecule is COc1cc(/C=C2/SC(=S)N(c3ccc4c(c3)OCO4)C2=O)cc(OC)c1OC. The lowest BCUT2D eigenvalue weighted by atomic mass is 10.1. The van der Waals surface area contributed by atoms with Crippen LogP contribution in [-0.2, 0) is 4.79 Å². The van der Waals surface area contributed by atoms with Gasteiger partial charge in [0.15, 0.2) is 27.3 Å². The molecular weight excluding hydrogens is 414 g/mol. The lowest BCUT2D eigenvalue weighted by molar-refractivity contribution is -0.113. The molecule has 0 atom stereocenters. The Hall–Kier alpha value is -2.91. The Bertz CT molecular complexity index is 1010. The molecule has 0 saturated carbocycles. The molecule has 1 fully saturated rings. The van der Waals surface area contributed by atoms with E-state index in [1.54, 1.807) is 50.6 Å². The quantitative estimate of drug-likeness (QED) is 0.523. The van der Waals surface area contributed by atoms with Crippen molar-refractivity contribution in [1.82, 2.24) is 0 Å². The average molecular weight is 431 g/mol. The number of thiocarbonyl (C=S) groups is 1. The van der Waals surface area contributed by atoms with E-state index in [4.69, 9.17) is 35.9 Å². The highest BCUT2D eigenvalue weighted by Crippen LogP contribution is 2.42. The molecule has 2 aromatic rings. The van der Waals surface area contributed by atoms with E-state index >= 15 is 0 Å². The van der Waals surface area contributed by atoms with Crippen LogP contribution in [0, 0.1) is 0 Å². The number of amides is 1. The lowest BCUT2D eigenvalue weighted by Crippen LogP contribution is -2.27. The summed E-state index contributed by atoms with van der Waals surface area (Å²) in [5.41, 5.74) is 1.36. The summed E-state index contributed by atoms with van der Waals surface area (Å²) in [4.78, 5) is 15.0. The summed E-state index contributed by atoms with van der Waals surface area (Å²) in [5.74, 6) is 2.51. The number of carbonyl (C=O) groups is 1. The molecule has 2 aliphatic rings. The highest BCUT2D eigenvalue weighted by molar-refractivity contribution is 8.27. The second-order valence-corrected chi connectivity index (χ2v) is 7.69. The summed E-state index contributed by atoms with van der Waals surface area (Å²) in [5, 5.41) is 0. The van der Waals surface area contributed by atoms with Gasteiger partial charge in [0.2, 0.25) is 12.5 Å². The topological polar surface area (TPSA) is 66.5 Å². The van der Waals surface area contributed by atoms with Crippen molar-refractivity contribution in [3.63, 3.8) is 0 Å². The third-order valence-corrected chi connectivity index (χ3v) is 5.70. The van der Waals surface area contributed by atoms with Gasteiger partial charge in [-0.05, 0) is 35.9 Å². The highest BCUT2D eigenvalue weighted by atomic mass is 32.2. The maximum absolute atomic E-state index is 13.0. The third kappa shape index (κ3) is 3.47. The highest BCUT2D eigenvalue weighted by Gasteiger charge is 2.34. The van der Waals surface area contributed by atoms with Gasteiger partial charge in [0.25, 0.3) is 5.91 Å². The molecule has 0 aromatic heterocycles. The zero-order valence-electron chi connectivity index (χ0n) is 15.9. The molecule has 4 rings (SSSR count). The Morgan fingerprint density at radius 2 is 1.72 bits per heavy atom. The summed E-state index contributed by atoms with van der Waals surface area (Å²) < 4.78 is 27.3. The number of carbonyl (C=O) groups excluding carboxylic acids is 1. The molecule has 2 aliphatic heterocycles. The molecule has 2 aromatic carbocycles. The number of nitrogens with zero attached hydrogens (tertiary/aromatic N) is 1. The van der Waals surface area contributed by atoms with Crippen LogP contribution < -0.4 is 28.6 Å². The van der Waals surface area contributed by atoms with E-state index in [9.17, 15) is 4.79 Å². The minimum atomic E-state index is -0.215. The summed E-state index contributed by atoms with van der Waals surface area (Å²) in [7, 11) is 4.62. The van der Waals surface area contributed by atoms with Crippen molar-refractivity contribution in [2.75, 3.05) is 33.0 Å². The zero-order chi connectivity index (χ0) is 20.5. The smallest absolute Gasteiger partial charge is 0.270 e. The first-order valence-electron chi connectivity index (χ1n) is 8.53. The van der Waals surface area contributed by atoms with Gasteiger partial charge in [0, 0.05) is 6.07 Å². The minimum absolute atomic E-state index is 0.165. The maximum atomic E-state index is 13.0. The summed E-state index contributed by atoms with van der Waals surface area (Å²) in [6, 6.07) is 8.83. The largest absolute Gasteiger partial charge is 0.493 e. The van der Waals surface area contributed by atoms with E-state index < -0.39 is 0 Å². The minimum Gasteiger partial charge on any atom is -0.493 e. The number of hydrogen-bond donors (Lipinski definition) is 0. The van der Waals surface area contributed by atoms with Crippen LogP contribution in [0.2, 0.25) is 0 Å². The first-order chi connectivity index (χ1) is 14.0. The van der Waals surface area contributed by atoms with Crippen LogP contribution in [0.1, 0.15) is 5.56 Å². The second kappa shape index (κ2) is 7.84. The first kappa shape index (κ1) is 19.4. The molecule has 1 amide bonds. The molecule has 0 unspecified atom stereocenters. The van der Waals surface area contributed by atoms with E-state index in [1.165, 1.54) is 23.8 Å². The number of fused-ring (bicyclic) bond motifs is 1. The fraction of sp³-hybridized carbons (Fsp3) is 0.200. The average Bonchev–Trinajstić information content (AvgIpc) is 3.30. The normalized spacial score (nSPS) is 16.5. The van der Waals surface area contributed by atoms with Crippen molar-refractivity contribution in [3.8, 4) is 28.7 Å². The number of benzene rings is 2. The fourth-order valence-corrected chi connectivity index (χ4v) is 4.35. The Morgan fingerprint density at radius 3 is 2.38 bits per heavy atom. The first-order valence-corrected chi connectivity index (χ1v) is 9.75. The van der Waals surface area contributed by atoms with Crippen LogP contribution in [0.3, 0.4) is 0 Å². The van der Waals surface area contributed by atoms with Crippen LogP contribution in [-0.4, -0.2) is 38.4 Å². The van der Waals surface area contributed by atoms with E-state index in [0.717, 1.165) is 5.56 Å². The monoisotopic (exact) mass is 431 g/mol. The Labute approximate surface area is 177 Å². The van der Waals surface area contributed by atoms with E-state index in [-0.39, 0.29) is 12.7 Å². The molecule has 9 heteroatoms. The van der Waals surface area contributed by atoms with Gasteiger partial charge in [-0.1, -0.05) is 24.0 Å². The number of thioether (sulfide) groups is 1.